The molecule has 1 amide bonds. The molecule has 2 aromatic carbocycles. The number of carbonyl (C=O) groups excluding carboxylic acids is 1. The quantitative estimate of drug-likeness (QED) is 0.444. The van der Waals surface area contributed by atoms with Gasteiger partial charge in [0.15, 0.2) is 5.69 Å². The molecule has 4 rings (SSSR count). The van der Waals surface area contributed by atoms with Crippen molar-refractivity contribution in [2.45, 2.75) is 19.8 Å². The molecule has 0 atom stereocenters. The Hall–Kier alpha value is -2.82. The molecule has 0 spiro atoms. The highest BCUT2D eigenvalue weighted by molar-refractivity contribution is 6.30. The molecule has 0 saturated carbocycles. The molecule has 2 heterocycles. The van der Waals surface area contributed by atoms with Gasteiger partial charge in [0.25, 0.3) is 5.91 Å². The second-order valence-electron chi connectivity index (χ2n) is 7.99. The number of morpholine rings is 1. The van der Waals surface area contributed by atoms with Crippen LogP contribution in [0.1, 0.15) is 21.6 Å². The highest BCUT2D eigenvalue weighted by Gasteiger charge is 2.19. The fourth-order valence-electron chi connectivity index (χ4n) is 3.78. The van der Waals surface area contributed by atoms with E-state index in [1.54, 1.807) is 24.3 Å². The summed E-state index contributed by atoms with van der Waals surface area (Å²) in [6.45, 7) is 3.90. The van der Waals surface area contributed by atoms with E-state index in [0.717, 1.165) is 24.2 Å². The van der Waals surface area contributed by atoms with Crippen LogP contribution in [-0.4, -0.2) is 65.2 Å². The average molecular weight is 487 g/mol. The van der Waals surface area contributed by atoms with Gasteiger partial charge in [-0.25, -0.2) is 4.68 Å². The van der Waals surface area contributed by atoms with Crippen LogP contribution in [0.3, 0.4) is 0 Å². The molecule has 10 heteroatoms. The standard InChI is InChI=1S/C24H27ClN4O5/c25-19-4-1-17(2-5-19)14-26-24(32)22-23(31)20-13-18(15-28-7-10-33-11-8-28)3-6-21(20)29(27-22)16-34-12-9-30/h1-6,13,30H,7-12,14-16H2,(H,26,32). The van der Waals surface area contributed by atoms with E-state index in [1.807, 2.05) is 18.2 Å². The number of hydrogen-bond donors (Lipinski definition) is 2. The monoisotopic (exact) mass is 486 g/mol. The summed E-state index contributed by atoms with van der Waals surface area (Å²) >= 11 is 5.91. The summed E-state index contributed by atoms with van der Waals surface area (Å²) < 4.78 is 12.3. The summed E-state index contributed by atoms with van der Waals surface area (Å²) in [5.74, 6) is -0.573. The van der Waals surface area contributed by atoms with Crippen LogP contribution in [0.25, 0.3) is 10.9 Å². The fraction of sp³-hybridized carbons (Fsp3) is 0.375. The summed E-state index contributed by atoms with van der Waals surface area (Å²) in [6, 6.07) is 12.6. The van der Waals surface area contributed by atoms with Crippen molar-refractivity contribution in [1.82, 2.24) is 20.0 Å². The Morgan fingerprint density at radius 1 is 1.15 bits per heavy atom. The number of aliphatic hydroxyl groups excluding tert-OH is 1. The molecule has 9 nitrogen and oxygen atoms in total. The van der Waals surface area contributed by atoms with Gasteiger partial charge in [-0.15, -0.1) is 0 Å². The molecule has 1 aliphatic heterocycles. The van der Waals surface area contributed by atoms with Gasteiger partial charge in [0, 0.05) is 31.2 Å². The Morgan fingerprint density at radius 2 is 1.88 bits per heavy atom. The first-order chi connectivity index (χ1) is 16.5. The average Bonchev–Trinajstić information content (AvgIpc) is 2.86. The maximum Gasteiger partial charge on any atom is 0.276 e. The van der Waals surface area contributed by atoms with Gasteiger partial charge in [-0.2, -0.15) is 5.10 Å². The fourth-order valence-corrected chi connectivity index (χ4v) is 3.91. The van der Waals surface area contributed by atoms with Crippen molar-refractivity contribution in [3.63, 3.8) is 0 Å². The Morgan fingerprint density at radius 3 is 2.62 bits per heavy atom. The summed E-state index contributed by atoms with van der Waals surface area (Å²) in [4.78, 5) is 28.5. The zero-order valence-electron chi connectivity index (χ0n) is 18.7. The summed E-state index contributed by atoms with van der Waals surface area (Å²) in [5.41, 5.74) is 1.72. The first kappa shape index (κ1) is 24.3. The van der Waals surface area contributed by atoms with E-state index < -0.39 is 11.3 Å². The molecular formula is C24H27ClN4O5. The van der Waals surface area contributed by atoms with E-state index in [2.05, 4.69) is 15.3 Å². The van der Waals surface area contributed by atoms with Crippen LogP contribution in [0.15, 0.2) is 47.3 Å². The number of nitrogens with one attached hydrogen (secondary N) is 1. The second-order valence-corrected chi connectivity index (χ2v) is 8.42. The van der Waals surface area contributed by atoms with Crippen molar-refractivity contribution >= 4 is 28.4 Å². The predicted molar refractivity (Wildman–Crippen MR) is 128 cm³/mol. The van der Waals surface area contributed by atoms with E-state index in [-0.39, 0.29) is 32.2 Å². The lowest BCUT2D eigenvalue weighted by atomic mass is 10.1. The first-order valence-electron chi connectivity index (χ1n) is 11.1. The minimum absolute atomic E-state index is 0.00237. The maximum absolute atomic E-state index is 13.3. The minimum Gasteiger partial charge on any atom is -0.394 e. The minimum atomic E-state index is -0.573. The molecule has 34 heavy (non-hydrogen) atoms. The van der Waals surface area contributed by atoms with Crippen LogP contribution >= 0.6 is 11.6 Å². The molecular weight excluding hydrogens is 460 g/mol. The number of amides is 1. The molecule has 0 unspecified atom stereocenters. The third kappa shape index (κ3) is 5.99. The van der Waals surface area contributed by atoms with Crippen LogP contribution in [0.2, 0.25) is 5.02 Å². The van der Waals surface area contributed by atoms with Crippen molar-refractivity contribution in [3.05, 3.63) is 74.5 Å². The third-order valence-electron chi connectivity index (χ3n) is 5.56. The molecule has 0 bridgehead atoms. The van der Waals surface area contributed by atoms with E-state index in [0.29, 0.717) is 35.7 Å². The van der Waals surface area contributed by atoms with Gasteiger partial charge in [-0.05, 0) is 35.4 Å². The van der Waals surface area contributed by atoms with Crippen LogP contribution in [0, 0.1) is 0 Å². The van der Waals surface area contributed by atoms with Crippen molar-refractivity contribution < 1.29 is 19.4 Å². The SMILES string of the molecule is O=C(NCc1ccc(Cl)cc1)c1nn(COCCO)c2ccc(CN3CCOCC3)cc2c1=O. The first-order valence-corrected chi connectivity index (χ1v) is 11.5. The number of rotatable bonds is 9. The Balaban J connectivity index is 1.63. The van der Waals surface area contributed by atoms with E-state index in [1.165, 1.54) is 4.68 Å². The molecule has 2 N–H and O–H groups in total. The van der Waals surface area contributed by atoms with E-state index in [4.69, 9.17) is 26.2 Å². The summed E-state index contributed by atoms with van der Waals surface area (Å²) in [6.07, 6.45) is 0. The highest BCUT2D eigenvalue weighted by atomic mass is 35.5. The van der Waals surface area contributed by atoms with Gasteiger partial charge in [0.1, 0.15) is 6.73 Å². The largest absolute Gasteiger partial charge is 0.394 e. The number of benzene rings is 2. The molecule has 180 valence electrons. The van der Waals surface area contributed by atoms with Gasteiger partial charge >= 0.3 is 0 Å². The second kappa shape index (κ2) is 11.5. The Kier molecular flexibility index (Phi) is 8.25. The molecule has 3 aromatic rings. The zero-order valence-corrected chi connectivity index (χ0v) is 19.5. The number of carbonyl (C=O) groups is 1. The molecule has 0 aliphatic carbocycles. The molecule has 1 saturated heterocycles. The number of aromatic nitrogens is 2. The number of nitrogens with zero attached hydrogens (tertiary/aromatic N) is 3. The maximum atomic E-state index is 13.3. The topological polar surface area (TPSA) is 106 Å². The van der Waals surface area contributed by atoms with Crippen molar-refractivity contribution in [2.75, 3.05) is 39.5 Å². The summed E-state index contributed by atoms with van der Waals surface area (Å²) in [7, 11) is 0. The third-order valence-corrected chi connectivity index (χ3v) is 5.81. The van der Waals surface area contributed by atoms with Gasteiger partial charge in [-0.1, -0.05) is 29.8 Å². The van der Waals surface area contributed by atoms with Crippen LogP contribution in [0.5, 0.6) is 0 Å². The smallest absolute Gasteiger partial charge is 0.276 e. The summed E-state index contributed by atoms with van der Waals surface area (Å²) in [5, 5.41) is 17.1. The number of halogens is 1. The number of fused-ring (bicyclic) bond motifs is 1. The van der Waals surface area contributed by atoms with Crippen molar-refractivity contribution in [3.8, 4) is 0 Å². The van der Waals surface area contributed by atoms with Crippen LogP contribution in [0.4, 0.5) is 0 Å². The number of aliphatic hydroxyl groups is 1. The van der Waals surface area contributed by atoms with E-state index in [9.17, 15) is 9.59 Å². The lowest BCUT2D eigenvalue weighted by Crippen LogP contribution is -2.35. The zero-order chi connectivity index (χ0) is 23.9. The highest BCUT2D eigenvalue weighted by Crippen LogP contribution is 2.16. The molecule has 1 fully saturated rings. The lowest BCUT2D eigenvalue weighted by Gasteiger charge is -2.26. The number of hydrogen-bond acceptors (Lipinski definition) is 7. The Bertz CT molecular complexity index is 1190. The molecule has 0 radical (unpaired) electrons. The number of ether oxygens (including phenoxy) is 2. The van der Waals surface area contributed by atoms with Crippen LogP contribution in [-0.2, 0) is 29.3 Å². The van der Waals surface area contributed by atoms with E-state index >= 15 is 0 Å². The van der Waals surface area contributed by atoms with Gasteiger partial charge in [0.2, 0.25) is 5.43 Å². The van der Waals surface area contributed by atoms with Crippen molar-refractivity contribution in [2.24, 2.45) is 0 Å². The van der Waals surface area contributed by atoms with Gasteiger partial charge < -0.3 is 19.9 Å². The Labute approximate surface area is 201 Å². The lowest BCUT2D eigenvalue weighted by molar-refractivity contribution is 0.0342. The van der Waals surface area contributed by atoms with Gasteiger partial charge in [0.05, 0.1) is 37.3 Å². The molecule has 1 aliphatic rings. The molecule has 1 aromatic heterocycles. The van der Waals surface area contributed by atoms with Crippen LogP contribution < -0.4 is 10.7 Å². The van der Waals surface area contributed by atoms with Crippen molar-refractivity contribution in [1.29, 1.82) is 0 Å². The predicted octanol–water partition coefficient (Wildman–Crippen LogP) is 1.78. The van der Waals surface area contributed by atoms with Gasteiger partial charge in [-0.3, -0.25) is 14.5 Å². The normalized spacial score (nSPS) is 14.4.